The van der Waals surface area contributed by atoms with Crippen molar-refractivity contribution in [1.82, 2.24) is 4.72 Å². The molecule has 13 heavy (non-hydrogen) atoms. The largest absolute Gasteiger partial charge is 0.274 e. The van der Waals surface area contributed by atoms with Gasteiger partial charge in [-0.15, -0.1) is 0 Å². The Labute approximate surface area is 79.1 Å². The molecule has 0 fully saturated rings. The molecule has 1 amide bonds. The first-order valence-electron chi connectivity index (χ1n) is 4.03. The lowest BCUT2D eigenvalue weighted by Gasteiger charge is -2.09. The zero-order chi connectivity index (χ0) is 10.6. The monoisotopic (exact) mass is 205 g/mol. The van der Waals surface area contributed by atoms with Crippen molar-refractivity contribution in [3.05, 3.63) is 11.5 Å². The predicted molar refractivity (Wildman–Crippen MR) is 51.3 cm³/mol. The van der Waals surface area contributed by atoms with Crippen molar-refractivity contribution in [2.24, 2.45) is 5.92 Å². The first-order valence-corrected chi connectivity index (χ1v) is 5.51. The van der Waals surface area contributed by atoms with Gasteiger partial charge in [-0.3, -0.25) is 4.79 Å². The summed E-state index contributed by atoms with van der Waals surface area (Å²) in [5, 5.41) is 0. The molecule has 0 aliphatic rings. The van der Waals surface area contributed by atoms with Crippen LogP contribution in [0.3, 0.4) is 0 Å². The van der Waals surface area contributed by atoms with Crippen LogP contribution in [-0.4, -0.2) is 14.3 Å². The van der Waals surface area contributed by atoms with Crippen molar-refractivity contribution >= 4 is 15.9 Å². The fraction of sp³-hybridized carbons (Fsp3) is 0.625. The summed E-state index contributed by atoms with van der Waals surface area (Å²) in [6.45, 7) is 8.09. The lowest BCUT2D eigenvalue weighted by atomic mass is 10.1. The third-order valence-electron chi connectivity index (χ3n) is 1.75. The number of carbonyl (C=O) groups is 1. The van der Waals surface area contributed by atoms with Crippen molar-refractivity contribution in [3.63, 3.8) is 0 Å². The molecule has 0 aromatic carbocycles. The maximum Gasteiger partial charge on any atom is 0.259 e. The summed E-state index contributed by atoms with van der Waals surface area (Å²) >= 11 is 0. The van der Waals surface area contributed by atoms with Crippen LogP contribution in [0.2, 0.25) is 0 Å². The van der Waals surface area contributed by atoms with E-state index in [1.54, 1.807) is 6.92 Å². The predicted octanol–water partition coefficient (Wildman–Crippen LogP) is 1.01. The molecule has 76 valence electrons. The van der Waals surface area contributed by atoms with E-state index in [1.807, 2.05) is 11.6 Å². The topological polar surface area (TPSA) is 63.2 Å². The number of nitrogens with one attached hydrogen (secondary N) is 1. The van der Waals surface area contributed by atoms with Crippen LogP contribution < -0.4 is 4.72 Å². The Hall–Kier alpha value is -0.840. The van der Waals surface area contributed by atoms with Gasteiger partial charge >= 0.3 is 0 Å². The summed E-state index contributed by atoms with van der Waals surface area (Å²) in [5.41, 5.74) is 0. The molecule has 4 nitrogen and oxygen atoms in total. The second-order valence-electron chi connectivity index (χ2n) is 2.98. The first-order chi connectivity index (χ1) is 5.81. The van der Waals surface area contributed by atoms with Gasteiger partial charge in [0.05, 0.1) is 4.91 Å². The first kappa shape index (κ1) is 12.2. The van der Waals surface area contributed by atoms with Crippen LogP contribution in [-0.2, 0) is 14.8 Å². The molecule has 0 aliphatic heterocycles. The Kier molecular flexibility index (Phi) is 4.13. The van der Waals surface area contributed by atoms with Crippen molar-refractivity contribution in [2.45, 2.75) is 27.2 Å². The molecule has 0 aliphatic carbocycles. The summed E-state index contributed by atoms with van der Waals surface area (Å²) in [7, 11) is -3.65. The molecule has 0 saturated carbocycles. The van der Waals surface area contributed by atoms with E-state index in [2.05, 4.69) is 6.58 Å². The molecular formula is C8H15NO3S. The molecule has 0 aromatic heterocycles. The Morgan fingerprint density at radius 1 is 1.54 bits per heavy atom. The zero-order valence-corrected chi connectivity index (χ0v) is 8.94. The summed E-state index contributed by atoms with van der Waals surface area (Å²) in [6.07, 6.45) is 0.609. The van der Waals surface area contributed by atoms with Crippen LogP contribution in [0.1, 0.15) is 27.2 Å². The second kappa shape index (κ2) is 4.41. The van der Waals surface area contributed by atoms with Crippen molar-refractivity contribution in [1.29, 1.82) is 0 Å². The molecule has 1 atom stereocenters. The quantitative estimate of drug-likeness (QED) is 0.745. The van der Waals surface area contributed by atoms with Gasteiger partial charge in [-0.1, -0.05) is 20.4 Å². The van der Waals surface area contributed by atoms with Gasteiger partial charge in [0.15, 0.2) is 0 Å². The highest BCUT2D eigenvalue weighted by molar-refractivity contribution is 7.93. The van der Waals surface area contributed by atoms with Crippen LogP contribution in [0.25, 0.3) is 0 Å². The molecule has 0 saturated heterocycles. The molecule has 0 aromatic rings. The van der Waals surface area contributed by atoms with E-state index in [0.717, 1.165) is 0 Å². The van der Waals surface area contributed by atoms with E-state index in [4.69, 9.17) is 0 Å². The molecular weight excluding hydrogens is 190 g/mol. The number of sulfonamides is 1. The van der Waals surface area contributed by atoms with Crippen molar-refractivity contribution < 1.29 is 13.2 Å². The maximum absolute atomic E-state index is 11.2. The van der Waals surface area contributed by atoms with E-state index < -0.39 is 15.9 Å². The molecule has 1 N–H and O–H groups in total. The van der Waals surface area contributed by atoms with Gasteiger partial charge in [-0.25, -0.2) is 13.1 Å². The Morgan fingerprint density at radius 2 is 2.00 bits per heavy atom. The number of hydrogen-bond donors (Lipinski definition) is 1. The van der Waals surface area contributed by atoms with E-state index in [1.165, 1.54) is 6.92 Å². The highest BCUT2D eigenvalue weighted by Crippen LogP contribution is 2.04. The number of carbonyl (C=O) groups excluding carboxylic acids is 1. The Balaban J connectivity index is 4.47. The summed E-state index contributed by atoms with van der Waals surface area (Å²) in [6, 6.07) is 0. The molecule has 0 bridgehead atoms. The summed E-state index contributed by atoms with van der Waals surface area (Å²) in [4.78, 5) is 11.1. The van der Waals surface area contributed by atoms with Gasteiger partial charge in [0.25, 0.3) is 10.0 Å². The molecule has 0 spiro atoms. The SMILES string of the molecule is C=C(C)S(=O)(=O)NC(=O)C(C)CC. The standard InChI is InChI=1S/C8H15NO3S/c1-5-7(4)8(10)9-13(11,12)6(2)3/h7H,2,5H2,1,3-4H3,(H,9,10). The van der Waals surface area contributed by atoms with Gasteiger partial charge in [0.2, 0.25) is 5.91 Å². The number of rotatable bonds is 4. The van der Waals surface area contributed by atoms with Crippen molar-refractivity contribution in [3.8, 4) is 0 Å². The van der Waals surface area contributed by atoms with Gasteiger partial charge in [-0.2, -0.15) is 0 Å². The molecule has 5 heteroatoms. The summed E-state index contributed by atoms with van der Waals surface area (Å²) < 4.78 is 24.2. The highest BCUT2D eigenvalue weighted by Gasteiger charge is 2.18. The Morgan fingerprint density at radius 3 is 2.31 bits per heavy atom. The smallest absolute Gasteiger partial charge is 0.259 e. The van der Waals surface area contributed by atoms with Crippen LogP contribution in [0.4, 0.5) is 0 Å². The maximum atomic E-state index is 11.2. The van der Waals surface area contributed by atoms with Crippen LogP contribution in [0.15, 0.2) is 11.5 Å². The minimum atomic E-state index is -3.65. The lowest BCUT2D eigenvalue weighted by Crippen LogP contribution is -2.34. The average Bonchev–Trinajstić information content (AvgIpc) is 2.01. The molecule has 0 rings (SSSR count). The highest BCUT2D eigenvalue weighted by atomic mass is 32.2. The lowest BCUT2D eigenvalue weighted by molar-refractivity contribution is -0.122. The number of hydrogen-bond acceptors (Lipinski definition) is 3. The fourth-order valence-electron chi connectivity index (χ4n) is 0.506. The van der Waals surface area contributed by atoms with Gasteiger partial charge in [0.1, 0.15) is 0 Å². The molecule has 0 radical (unpaired) electrons. The van der Waals surface area contributed by atoms with E-state index >= 15 is 0 Å². The van der Waals surface area contributed by atoms with Crippen LogP contribution >= 0.6 is 0 Å². The number of allylic oxidation sites excluding steroid dienone is 1. The summed E-state index contributed by atoms with van der Waals surface area (Å²) in [5.74, 6) is -0.778. The van der Waals surface area contributed by atoms with Gasteiger partial charge in [-0.05, 0) is 13.3 Å². The molecule has 0 heterocycles. The second-order valence-corrected chi connectivity index (χ2v) is 4.89. The minimum absolute atomic E-state index is 0.0517. The van der Waals surface area contributed by atoms with E-state index in [0.29, 0.717) is 6.42 Å². The third-order valence-corrected chi connectivity index (χ3v) is 3.14. The fourth-order valence-corrected chi connectivity index (χ4v) is 1.15. The Bertz CT molecular complexity index is 305. The normalized spacial score (nSPS) is 13.5. The third kappa shape index (κ3) is 3.59. The van der Waals surface area contributed by atoms with Crippen molar-refractivity contribution in [2.75, 3.05) is 0 Å². The average molecular weight is 205 g/mol. The molecule has 1 unspecified atom stereocenters. The number of amides is 1. The van der Waals surface area contributed by atoms with E-state index in [9.17, 15) is 13.2 Å². The van der Waals surface area contributed by atoms with Gasteiger partial charge in [0, 0.05) is 5.92 Å². The zero-order valence-electron chi connectivity index (χ0n) is 8.12. The minimum Gasteiger partial charge on any atom is -0.274 e. The van der Waals surface area contributed by atoms with Crippen LogP contribution in [0.5, 0.6) is 0 Å². The van der Waals surface area contributed by atoms with Crippen LogP contribution in [0, 0.1) is 5.92 Å². The van der Waals surface area contributed by atoms with Gasteiger partial charge < -0.3 is 0 Å². The van der Waals surface area contributed by atoms with E-state index in [-0.39, 0.29) is 10.8 Å².